The number of nitrogens with zero attached hydrogens (tertiary/aromatic N) is 3. The highest BCUT2D eigenvalue weighted by Crippen LogP contribution is 2.25. The van der Waals surface area contributed by atoms with Crippen LogP contribution in [0.2, 0.25) is 0 Å². The van der Waals surface area contributed by atoms with Crippen LogP contribution in [0.4, 0.5) is 0 Å². The first-order valence-corrected chi connectivity index (χ1v) is 9.83. The molecule has 0 unspecified atom stereocenters. The van der Waals surface area contributed by atoms with E-state index in [1.165, 1.54) is 35.9 Å². The number of carboxylic acids is 1. The largest absolute Gasteiger partial charge is 0.476 e. The molecule has 0 saturated carbocycles. The number of likely N-dealkylation sites (tertiary alicyclic amines) is 2. The second-order valence-corrected chi connectivity index (χ2v) is 8.14. The van der Waals surface area contributed by atoms with E-state index < -0.39 is 5.97 Å². The first-order chi connectivity index (χ1) is 11.1. The van der Waals surface area contributed by atoms with Crippen molar-refractivity contribution in [2.45, 2.75) is 36.1 Å². The van der Waals surface area contributed by atoms with Crippen molar-refractivity contribution < 1.29 is 14.7 Å². The van der Waals surface area contributed by atoms with Crippen LogP contribution in [0.1, 0.15) is 36.2 Å². The Morgan fingerprint density at radius 1 is 1.43 bits per heavy atom. The predicted octanol–water partition coefficient (Wildman–Crippen LogP) is 2.02. The Hall–Kier alpha value is -1.12. The number of amides is 1. The van der Waals surface area contributed by atoms with Crippen LogP contribution in [0.15, 0.2) is 9.72 Å². The zero-order chi connectivity index (χ0) is 16.2. The number of carbonyl (C=O) groups is 2. The van der Waals surface area contributed by atoms with E-state index >= 15 is 0 Å². The smallest absolute Gasteiger partial charge is 0.355 e. The van der Waals surface area contributed by atoms with Gasteiger partial charge in [-0.15, -0.1) is 11.3 Å². The Morgan fingerprint density at radius 3 is 2.91 bits per heavy atom. The molecule has 0 aliphatic carbocycles. The minimum absolute atomic E-state index is 0.0988. The lowest BCUT2D eigenvalue weighted by molar-refractivity contribution is -0.128. The molecule has 126 valence electrons. The Morgan fingerprint density at radius 2 is 2.22 bits per heavy atom. The molecule has 2 aliphatic heterocycles. The van der Waals surface area contributed by atoms with Gasteiger partial charge in [0.05, 0.1) is 0 Å². The molecular formula is C15H21N3O3S2. The third-order valence-electron chi connectivity index (χ3n) is 4.38. The molecule has 0 radical (unpaired) electrons. The molecule has 8 heteroatoms. The van der Waals surface area contributed by atoms with E-state index in [9.17, 15) is 9.59 Å². The number of thioether (sulfide) groups is 1. The maximum Gasteiger partial charge on any atom is 0.355 e. The summed E-state index contributed by atoms with van der Waals surface area (Å²) in [5.74, 6) is 0.0168. The number of aromatic carboxylic acids is 1. The summed E-state index contributed by atoms with van der Waals surface area (Å²) >= 11 is 2.88. The summed E-state index contributed by atoms with van der Waals surface area (Å²) < 4.78 is 0.755. The average molecular weight is 355 g/mol. The van der Waals surface area contributed by atoms with Gasteiger partial charge in [-0.1, -0.05) is 11.8 Å². The molecule has 2 aliphatic rings. The van der Waals surface area contributed by atoms with Gasteiger partial charge in [-0.3, -0.25) is 4.79 Å². The van der Waals surface area contributed by atoms with E-state index in [-0.39, 0.29) is 11.6 Å². The van der Waals surface area contributed by atoms with Crippen LogP contribution in [-0.4, -0.2) is 69.7 Å². The van der Waals surface area contributed by atoms with Gasteiger partial charge in [0.15, 0.2) is 10.0 Å². The number of rotatable bonds is 7. The fraction of sp³-hybridized carbons (Fsp3) is 0.667. The molecule has 1 aromatic heterocycles. The third kappa shape index (κ3) is 4.24. The minimum atomic E-state index is -0.992. The summed E-state index contributed by atoms with van der Waals surface area (Å²) in [7, 11) is 0. The standard InChI is InChI=1S/C15H21N3O3S2/c19-13-4-3-11(9-17-5-1-2-6-17)18(13)7-8-22-15-16-12(10-23-15)14(20)21/h10-11H,1-9H2,(H,20,21)/t11-/m1/s1. The second-order valence-electron chi connectivity index (χ2n) is 5.94. The molecule has 3 rings (SSSR count). The fourth-order valence-corrected chi connectivity index (χ4v) is 5.02. The van der Waals surface area contributed by atoms with Gasteiger partial charge in [0.25, 0.3) is 0 Å². The van der Waals surface area contributed by atoms with Crippen molar-refractivity contribution in [3.63, 3.8) is 0 Å². The molecular weight excluding hydrogens is 334 g/mol. The van der Waals surface area contributed by atoms with Crippen LogP contribution in [0.3, 0.4) is 0 Å². The summed E-state index contributed by atoms with van der Waals surface area (Å²) in [5, 5.41) is 10.4. The quantitative estimate of drug-likeness (QED) is 0.755. The lowest BCUT2D eigenvalue weighted by Crippen LogP contribution is -2.42. The van der Waals surface area contributed by atoms with Crippen LogP contribution < -0.4 is 0 Å². The van der Waals surface area contributed by atoms with E-state index in [1.54, 1.807) is 5.38 Å². The highest BCUT2D eigenvalue weighted by Gasteiger charge is 2.32. The number of carbonyl (C=O) groups excluding carboxylic acids is 1. The number of aromatic nitrogens is 1. The van der Waals surface area contributed by atoms with Crippen molar-refractivity contribution >= 4 is 35.0 Å². The zero-order valence-electron chi connectivity index (χ0n) is 12.9. The Balaban J connectivity index is 1.48. The predicted molar refractivity (Wildman–Crippen MR) is 90.2 cm³/mol. The molecule has 1 atom stereocenters. The first kappa shape index (κ1) is 16.7. The van der Waals surface area contributed by atoms with Gasteiger partial charge in [0.2, 0.25) is 5.91 Å². The number of hydrogen-bond acceptors (Lipinski definition) is 6. The molecule has 23 heavy (non-hydrogen) atoms. The average Bonchev–Trinajstić information content (AvgIpc) is 3.24. The van der Waals surface area contributed by atoms with Crippen molar-refractivity contribution in [3.8, 4) is 0 Å². The highest BCUT2D eigenvalue weighted by atomic mass is 32.2. The van der Waals surface area contributed by atoms with Gasteiger partial charge < -0.3 is 14.9 Å². The molecule has 2 saturated heterocycles. The lowest BCUT2D eigenvalue weighted by atomic mass is 10.2. The Bertz CT molecular complexity index is 572. The van der Waals surface area contributed by atoms with Gasteiger partial charge in [0, 0.05) is 36.7 Å². The monoisotopic (exact) mass is 355 g/mol. The van der Waals surface area contributed by atoms with Crippen LogP contribution in [-0.2, 0) is 4.79 Å². The van der Waals surface area contributed by atoms with Crippen molar-refractivity contribution in [1.82, 2.24) is 14.8 Å². The van der Waals surface area contributed by atoms with Gasteiger partial charge >= 0.3 is 5.97 Å². The number of carboxylic acid groups (broad SMARTS) is 1. The van der Waals surface area contributed by atoms with Crippen LogP contribution in [0, 0.1) is 0 Å². The highest BCUT2D eigenvalue weighted by molar-refractivity contribution is 8.01. The summed E-state index contributed by atoms with van der Waals surface area (Å²) in [6.07, 6.45) is 4.16. The van der Waals surface area contributed by atoms with E-state index in [0.717, 1.165) is 36.1 Å². The van der Waals surface area contributed by atoms with Crippen molar-refractivity contribution in [1.29, 1.82) is 0 Å². The van der Waals surface area contributed by atoms with Crippen LogP contribution in [0.5, 0.6) is 0 Å². The molecule has 2 fully saturated rings. The summed E-state index contributed by atoms with van der Waals surface area (Å²) in [4.78, 5) is 31.5. The first-order valence-electron chi connectivity index (χ1n) is 7.97. The number of hydrogen-bond donors (Lipinski definition) is 1. The zero-order valence-corrected chi connectivity index (χ0v) is 14.6. The third-order valence-corrected chi connectivity index (χ3v) is 6.38. The van der Waals surface area contributed by atoms with Crippen molar-refractivity contribution in [2.75, 3.05) is 31.9 Å². The Labute approximate surface area is 143 Å². The lowest BCUT2D eigenvalue weighted by Gasteiger charge is -2.28. The van der Waals surface area contributed by atoms with E-state index in [4.69, 9.17) is 5.11 Å². The fourth-order valence-electron chi connectivity index (χ4n) is 3.21. The molecule has 1 amide bonds. The topological polar surface area (TPSA) is 73.7 Å². The summed E-state index contributed by atoms with van der Waals surface area (Å²) in [5.41, 5.74) is 0.0988. The van der Waals surface area contributed by atoms with Gasteiger partial charge in [-0.05, 0) is 32.4 Å². The molecule has 1 N–H and O–H groups in total. The molecule has 0 aromatic carbocycles. The van der Waals surface area contributed by atoms with Crippen LogP contribution in [0.25, 0.3) is 0 Å². The normalized spacial score (nSPS) is 22.2. The van der Waals surface area contributed by atoms with E-state index in [0.29, 0.717) is 19.0 Å². The number of thiazole rings is 1. The van der Waals surface area contributed by atoms with Crippen molar-refractivity contribution in [3.05, 3.63) is 11.1 Å². The van der Waals surface area contributed by atoms with Gasteiger partial charge in [-0.2, -0.15) is 0 Å². The van der Waals surface area contributed by atoms with Gasteiger partial charge in [-0.25, -0.2) is 9.78 Å². The molecule has 3 heterocycles. The van der Waals surface area contributed by atoms with E-state index in [2.05, 4.69) is 9.88 Å². The Kier molecular flexibility index (Phi) is 5.55. The summed E-state index contributed by atoms with van der Waals surface area (Å²) in [6, 6.07) is 0.340. The second kappa shape index (κ2) is 7.63. The van der Waals surface area contributed by atoms with Gasteiger partial charge in [0.1, 0.15) is 0 Å². The maximum absolute atomic E-state index is 12.1. The van der Waals surface area contributed by atoms with Crippen molar-refractivity contribution in [2.24, 2.45) is 0 Å². The maximum atomic E-state index is 12.1. The molecule has 0 bridgehead atoms. The molecule has 1 aromatic rings. The minimum Gasteiger partial charge on any atom is -0.476 e. The molecule has 0 spiro atoms. The van der Waals surface area contributed by atoms with Crippen LogP contribution >= 0.6 is 23.1 Å². The van der Waals surface area contributed by atoms with E-state index in [1.807, 2.05) is 4.90 Å². The molecule has 6 nitrogen and oxygen atoms in total. The summed E-state index contributed by atoms with van der Waals surface area (Å²) in [6.45, 7) is 4.02. The SMILES string of the molecule is O=C(O)c1csc(SCCN2C(=O)CC[C@@H]2CN2CCCC2)n1.